The molecule has 4 rings (SSSR count). The predicted molar refractivity (Wildman–Crippen MR) is 136 cm³/mol. The average molecular weight is 417 g/mol. The van der Waals surface area contributed by atoms with Gasteiger partial charge in [-0.3, -0.25) is 0 Å². The van der Waals surface area contributed by atoms with Crippen molar-refractivity contribution in [1.29, 1.82) is 0 Å². The number of hydrogen-bond donors (Lipinski definition) is 0. The highest BCUT2D eigenvalue weighted by Crippen LogP contribution is 2.40. The largest absolute Gasteiger partial charge is 0.0651 e. The minimum atomic E-state index is 0.780. The maximum Gasteiger partial charge on any atom is -0.0162 e. The Labute approximate surface area is 191 Å². The molecule has 0 spiro atoms. The van der Waals surface area contributed by atoms with Gasteiger partial charge in [-0.2, -0.15) is 0 Å². The van der Waals surface area contributed by atoms with E-state index in [9.17, 15) is 0 Å². The molecule has 2 aliphatic carbocycles. The summed E-state index contributed by atoms with van der Waals surface area (Å²) in [5, 5.41) is 0. The van der Waals surface area contributed by atoms with Gasteiger partial charge < -0.3 is 0 Å². The van der Waals surface area contributed by atoms with Crippen LogP contribution in [0.25, 0.3) is 11.1 Å². The maximum atomic E-state index is 2.42. The molecule has 0 N–H and O–H groups in total. The van der Waals surface area contributed by atoms with E-state index in [1.807, 2.05) is 0 Å². The molecular weight excluding hydrogens is 372 g/mol. The Morgan fingerprint density at radius 3 is 1.42 bits per heavy atom. The fourth-order valence-corrected chi connectivity index (χ4v) is 6.27. The normalized spacial score (nSPS) is 27.7. The molecule has 2 saturated carbocycles. The van der Waals surface area contributed by atoms with Crippen LogP contribution < -0.4 is 0 Å². The summed E-state index contributed by atoms with van der Waals surface area (Å²) in [5.74, 6) is 4.42. The second-order valence-electron chi connectivity index (χ2n) is 10.8. The van der Waals surface area contributed by atoms with E-state index in [-0.39, 0.29) is 0 Å². The first-order valence-electron chi connectivity index (χ1n) is 13.4. The standard InChI is InChI=1S/C31H44/c1-4-23(3)22-25-8-12-27(13-9-25)29-16-20-31(21-17-29)30-18-14-28(15-19-30)26-10-6-24(5-2)7-11-26/h14-21,23-27H,4-13,22H2,1-3H3. The number of rotatable bonds is 7. The Morgan fingerprint density at radius 2 is 1.03 bits per heavy atom. The van der Waals surface area contributed by atoms with Gasteiger partial charge in [0.05, 0.1) is 0 Å². The SMILES string of the molecule is CCC(C)CC1CCC(c2ccc(-c3ccc(C4CCC(CC)CC4)cc3)cc2)CC1. The first kappa shape index (κ1) is 22.6. The fraction of sp³-hybridized carbons (Fsp3) is 0.613. The minimum absolute atomic E-state index is 0.780. The molecule has 0 saturated heterocycles. The highest BCUT2D eigenvalue weighted by Gasteiger charge is 2.24. The van der Waals surface area contributed by atoms with Crippen LogP contribution in [0, 0.1) is 17.8 Å². The molecule has 0 aliphatic heterocycles. The summed E-state index contributed by atoms with van der Waals surface area (Å²) < 4.78 is 0. The predicted octanol–water partition coefficient (Wildman–Crippen LogP) is 9.75. The first-order valence-corrected chi connectivity index (χ1v) is 13.4. The molecule has 31 heavy (non-hydrogen) atoms. The molecule has 0 heterocycles. The van der Waals surface area contributed by atoms with Gasteiger partial charge in [0.1, 0.15) is 0 Å². The maximum absolute atomic E-state index is 2.42. The number of benzene rings is 2. The summed E-state index contributed by atoms with van der Waals surface area (Å²) in [5.41, 5.74) is 5.87. The van der Waals surface area contributed by atoms with Gasteiger partial charge in [-0.25, -0.2) is 0 Å². The third-order valence-electron chi connectivity index (χ3n) is 8.80. The van der Waals surface area contributed by atoms with Gasteiger partial charge in [0.15, 0.2) is 0 Å². The Hall–Kier alpha value is -1.56. The van der Waals surface area contributed by atoms with Crippen molar-refractivity contribution in [3.63, 3.8) is 0 Å². The van der Waals surface area contributed by atoms with E-state index in [1.165, 1.54) is 81.8 Å². The van der Waals surface area contributed by atoms with Crippen LogP contribution in [0.3, 0.4) is 0 Å². The van der Waals surface area contributed by atoms with E-state index in [1.54, 1.807) is 11.1 Å². The van der Waals surface area contributed by atoms with Crippen molar-refractivity contribution in [3.05, 3.63) is 59.7 Å². The van der Waals surface area contributed by atoms with Crippen molar-refractivity contribution in [2.75, 3.05) is 0 Å². The molecular formula is C31H44. The third kappa shape index (κ3) is 5.82. The molecule has 168 valence electrons. The fourth-order valence-electron chi connectivity index (χ4n) is 6.27. The van der Waals surface area contributed by atoms with Crippen molar-refractivity contribution in [2.45, 2.75) is 103 Å². The van der Waals surface area contributed by atoms with Crippen molar-refractivity contribution >= 4 is 0 Å². The first-order chi connectivity index (χ1) is 15.2. The van der Waals surface area contributed by atoms with Gasteiger partial charge in [0.2, 0.25) is 0 Å². The van der Waals surface area contributed by atoms with Gasteiger partial charge >= 0.3 is 0 Å². The van der Waals surface area contributed by atoms with E-state index in [4.69, 9.17) is 0 Å². The van der Waals surface area contributed by atoms with Crippen molar-refractivity contribution in [1.82, 2.24) is 0 Å². The van der Waals surface area contributed by atoms with Gasteiger partial charge in [0, 0.05) is 0 Å². The summed E-state index contributed by atoms with van der Waals surface area (Å²) in [7, 11) is 0. The van der Waals surface area contributed by atoms with E-state index in [0.29, 0.717) is 0 Å². The molecule has 0 aromatic heterocycles. The summed E-state index contributed by atoms with van der Waals surface area (Å²) in [6, 6.07) is 19.1. The zero-order chi connectivity index (χ0) is 21.6. The third-order valence-corrected chi connectivity index (χ3v) is 8.80. The Morgan fingerprint density at radius 1 is 0.613 bits per heavy atom. The van der Waals surface area contributed by atoms with Crippen molar-refractivity contribution < 1.29 is 0 Å². The Balaban J connectivity index is 1.32. The van der Waals surface area contributed by atoms with Crippen LogP contribution in [0.1, 0.15) is 114 Å². The summed E-state index contributed by atoms with van der Waals surface area (Å²) in [6.07, 6.45) is 15.4. The van der Waals surface area contributed by atoms with Crippen LogP contribution in [0.4, 0.5) is 0 Å². The van der Waals surface area contributed by atoms with E-state index < -0.39 is 0 Å². The zero-order valence-corrected chi connectivity index (χ0v) is 20.3. The van der Waals surface area contributed by atoms with E-state index in [2.05, 4.69) is 69.3 Å². The minimum Gasteiger partial charge on any atom is -0.0651 e. The van der Waals surface area contributed by atoms with Crippen LogP contribution in [-0.2, 0) is 0 Å². The second-order valence-corrected chi connectivity index (χ2v) is 10.8. The van der Waals surface area contributed by atoms with E-state index >= 15 is 0 Å². The van der Waals surface area contributed by atoms with Crippen LogP contribution in [-0.4, -0.2) is 0 Å². The van der Waals surface area contributed by atoms with Gasteiger partial charge in [0.25, 0.3) is 0 Å². The highest BCUT2D eigenvalue weighted by molar-refractivity contribution is 5.64. The molecule has 2 aromatic rings. The molecule has 0 amide bonds. The van der Waals surface area contributed by atoms with Crippen molar-refractivity contribution in [2.24, 2.45) is 17.8 Å². The molecule has 2 aliphatic rings. The molecule has 0 bridgehead atoms. The van der Waals surface area contributed by atoms with E-state index in [0.717, 1.165) is 29.6 Å². The van der Waals surface area contributed by atoms with Gasteiger partial charge in [-0.15, -0.1) is 0 Å². The number of hydrogen-bond acceptors (Lipinski definition) is 0. The summed E-state index contributed by atoms with van der Waals surface area (Å²) >= 11 is 0. The van der Waals surface area contributed by atoms with Crippen LogP contribution in [0.5, 0.6) is 0 Å². The highest BCUT2D eigenvalue weighted by atomic mass is 14.3. The second kappa shape index (κ2) is 10.8. The van der Waals surface area contributed by atoms with Crippen LogP contribution in [0.2, 0.25) is 0 Å². The molecule has 1 atom stereocenters. The smallest absolute Gasteiger partial charge is 0.0162 e. The zero-order valence-electron chi connectivity index (χ0n) is 20.3. The van der Waals surface area contributed by atoms with Crippen molar-refractivity contribution in [3.8, 4) is 11.1 Å². The molecule has 1 unspecified atom stereocenters. The lowest BCUT2D eigenvalue weighted by Gasteiger charge is -2.30. The Kier molecular flexibility index (Phi) is 7.91. The quantitative estimate of drug-likeness (QED) is 0.421. The van der Waals surface area contributed by atoms with Gasteiger partial charge in [-0.05, 0) is 110 Å². The summed E-state index contributed by atoms with van der Waals surface area (Å²) in [6.45, 7) is 7.11. The lowest BCUT2D eigenvalue weighted by atomic mass is 9.75. The lowest BCUT2D eigenvalue weighted by molar-refractivity contribution is 0.273. The monoisotopic (exact) mass is 416 g/mol. The molecule has 0 heteroatoms. The van der Waals surface area contributed by atoms with Gasteiger partial charge in [-0.1, -0.05) is 82.1 Å². The molecule has 2 aromatic carbocycles. The van der Waals surface area contributed by atoms with Crippen LogP contribution >= 0.6 is 0 Å². The average Bonchev–Trinajstić information content (AvgIpc) is 2.85. The lowest BCUT2D eigenvalue weighted by Crippen LogP contribution is -2.15. The molecule has 0 nitrogen and oxygen atoms in total. The molecule has 2 fully saturated rings. The molecule has 0 radical (unpaired) electrons. The summed E-state index contributed by atoms with van der Waals surface area (Å²) in [4.78, 5) is 0. The Bertz CT molecular complexity index is 768. The van der Waals surface area contributed by atoms with Crippen LogP contribution in [0.15, 0.2) is 48.5 Å². The topological polar surface area (TPSA) is 0 Å².